The molecular weight excluding hydrogens is 326 g/mol. The summed E-state index contributed by atoms with van der Waals surface area (Å²) in [6.07, 6.45) is 1.32. The molecule has 5 nitrogen and oxygen atoms in total. The lowest BCUT2D eigenvalue weighted by atomic mass is 10.1. The number of sulfone groups is 1. The minimum atomic E-state index is -3.18. The summed E-state index contributed by atoms with van der Waals surface area (Å²) in [6, 6.07) is 12.4. The number of carbonyl (C=O) groups excluding carboxylic acids is 1. The fourth-order valence-corrected chi connectivity index (χ4v) is 4.36. The number of fused-ring (bicyclic) bond motifs is 1. The standard InChI is InChI=1S/C18H19NO4S/c1-13-5-2-3-7-16(13)23-12-18(20)19-15-8-9-17-14(11-15)6-4-10-24(17,21)22/h2-3,5,7-9,11H,4,6,10,12H2,1H3,(H,19,20). The van der Waals surface area contributed by atoms with Gasteiger partial charge in [0.2, 0.25) is 0 Å². The van der Waals surface area contributed by atoms with Crippen LogP contribution in [-0.2, 0) is 21.1 Å². The van der Waals surface area contributed by atoms with Gasteiger partial charge < -0.3 is 10.1 Å². The van der Waals surface area contributed by atoms with Crippen LogP contribution in [0, 0.1) is 6.92 Å². The Hall–Kier alpha value is -2.34. The molecule has 24 heavy (non-hydrogen) atoms. The third-order valence-corrected chi connectivity index (χ3v) is 5.89. The van der Waals surface area contributed by atoms with Crippen LogP contribution in [0.2, 0.25) is 0 Å². The van der Waals surface area contributed by atoms with E-state index in [-0.39, 0.29) is 18.3 Å². The average Bonchev–Trinajstić information content (AvgIpc) is 2.53. The Morgan fingerprint density at radius 3 is 2.79 bits per heavy atom. The van der Waals surface area contributed by atoms with Crippen molar-refractivity contribution in [3.8, 4) is 5.75 Å². The molecule has 0 bridgehead atoms. The molecule has 0 fully saturated rings. The van der Waals surface area contributed by atoms with E-state index in [1.807, 2.05) is 31.2 Å². The molecule has 0 spiro atoms. The molecule has 1 heterocycles. The summed E-state index contributed by atoms with van der Waals surface area (Å²) in [4.78, 5) is 12.4. The van der Waals surface area contributed by atoms with E-state index in [1.54, 1.807) is 18.2 Å². The fraction of sp³-hybridized carbons (Fsp3) is 0.278. The number of aryl methyl sites for hydroxylation is 2. The van der Waals surface area contributed by atoms with Crippen molar-refractivity contribution in [2.45, 2.75) is 24.7 Å². The van der Waals surface area contributed by atoms with E-state index >= 15 is 0 Å². The van der Waals surface area contributed by atoms with Gasteiger partial charge in [-0.3, -0.25) is 4.79 Å². The third-order valence-electron chi connectivity index (χ3n) is 3.99. The maximum atomic E-state index is 12.0. The van der Waals surface area contributed by atoms with E-state index < -0.39 is 9.84 Å². The monoisotopic (exact) mass is 345 g/mol. The summed E-state index contributed by atoms with van der Waals surface area (Å²) in [5.74, 6) is 0.580. The topological polar surface area (TPSA) is 72.5 Å². The second-order valence-corrected chi connectivity index (χ2v) is 7.92. The smallest absolute Gasteiger partial charge is 0.262 e. The van der Waals surface area contributed by atoms with Crippen LogP contribution in [0.4, 0.5) is 5.69 Å². The van der Waals surface area contributed by atoms with Gasteiger partial charge >= 0.3 is 0 Å². The number of carbonyl (C=O) groups is 1. The normalized spacial score (nSPS) is 15.4. The quantitative estimate of drug-likeness (QED) is 0.925. The van der Waals surface area contributed by atoms with Crippen LogP contribution >= 0.6 is 0 Å². The van der Waals surface area contributed by atoms with Gasteiger partial charge in [-0.1, -0.05) is 18.2 Å². The highest BCUT2D eigenvalue weighted by molar-refractivity contribution is 7.91. The van der Waals surface area contributed by atoms with Crippen molar-refractivity contribution in [3.63, 3.8) is 0 Å². The molecule has 6 heteroatoms. The Balaban J connectivity index is 1.66. The molecule has 0 aromatic heterocycles. The number of rotatable bonds is 4. The summed E-state index contributed by atoms with van der Waals surface area (Å²) in [6.45, 7) is 1.82. The lowest BCUT2D eigenvalue weighted by Crippen LogP contribution is -2.21. The molecule has 126 valence electrons. The molecule has 1 N–H and O–H groups in total. The lowest BCUT2D eigenvalue weighted by molar-refractivity contribution is -0.118. The van der Waals surface area contributed by atoms with Crippen molar-refractivity contribution in [1.29, 1.82) is 0 Å². The number of nitrogens with one attached hydrogen (secondary N) is 1. The van der Waals surface area contributed by atoms with Crippen molar-refractivity contribution in [2.24, 2.45) is 0 Å². The minimum Gasteiger partial charge on any atom is -0.483 e. The predicted octanol–water partition coefficient (Wildman–Crippen LogP) is 2.73. The van der Waals surface area contributed by atoms with Crippen LogP contribution < -0.4 is 10.1 Å². The van der Waals surface area contributed by atoms with Gasteiger partial charge in [0.15, 0.2) is 16.4 Å². The number of para-hydroxylation sites is 1. The first-order valence-electron chi connectivity index (χ1n) is 7.80. The Labute approximate surface area is 141 Å². The highest BCUT2D eigenvalue weighted by Gasteiger charge is 2.23. The molecule has 2 aromatic carbocycles. The first kappa shape index (κ1) is 16.5. The second-order valence-electron chi connectivity index (χ2n) is 5.85. The van der Waals surface area contributed by atoms with E-state index in [4.69, 9.17) is 4.74 Å². The molecule has 2 aromatic rings. The third kappa shape index (κ3) is 3.59. The van der Waals surface area contributed by atoms with Crippen molar-refractivity contribution in [2.75, 3.05) is 17.7 Å². The summed E-state index contributed by atoms with van der Waals surface area (Å²) in [5.41, 5.74) is 2.31. The van der Waals surface area contributed by atoms with Crippen LogP contribution in [0.3, 0.4) is 0 Å². The van der Waals surface area contributed by atoms with Gasteiger partial charge in [-0.25, -0.2) is 8.42 Å². The van der Waals surface area contributed by atoms with E-state index in [9.17, 15) is 13.2 Å². The van der Waals surface area contributed by atoms with Gasteiger partial charge in [-0.15, -0.1) is 0 Å². The molecule has 0 unspecified atom stereocenters. The number of ether oxygens (including phenoxy) is 1. The Kier molecular flexibility index (Phi) is 4.57. The largest absolute Gasteiger partial charge is 0.483 e. The van der Waals surface area contributed by atoms with Crippen LogP contribution in [0.5, 0.6) is 5.75 Å². The van der Waals surface area contributed by atoms with Gasteiger partial charge in [-0.2, -0.15) is 0 Å². The average molecular weight is 345 g/mol. The number of anilines is 1. The van der Waals surface area contributed by atoms with Gasteiger partial charge in [-0.05, 0) is 55.2 Å². The number of benzene rings is 2. The van der Waals surface area contributed by atoms with Gasteiger partial charge in [0.25, 0.3) is 5.91 Å². The SMILES string of the molecule is Cc1ccccc1OCC(=O)Nc1ccc2c(c1)CCCS2(=O)=O. The van der Waals surface area contributed by atoms with Gasteiger partial charge in [0, 0.05) is 5.69 Å². The Morgan fingerprint density at radius 2 is 2.00 bits per heavy atom. The molecule has 0 atom stereocenters. The van der Waals surface area contributed by atoms with E-state index in [2.05, 4.69) is 5.32 Å². The summed E-state index contributed by atoms with van der Waals surface area (Å²) in [5, 5.41) is 2.75. The first-order chi connectivity index (χ1) is 11.5. The molecule has 1 aliphatic heterocycles. The Morgan fingerprint density at radius 1 is 1.21 bits per heavy atom. The molecular formula is C18H19NO4S. The Bertz CT molecular complexity index is 874. The van der Waals surface area contributed by atoms with Crippen LogP contribution in [0.15, 0.2) is 47.4 Å². The van der Waals surface area contributed by atoms with Crippen molar-refractivity contribution in [3.05, 3.63) is 53.6 Å². The van der Waals surface area contributed by atoms with Crippen molar-refractivity contribution < 1.29 is 17.9 Å². The van der Waals surface area contributed by atoms with Crippen LogP contribution in [0.1, 0.15) is 17.5 Å². The van der Waals surface area contributed by atoms with E-state index in [1.165, 1.54) is 0 Å². The second kappa shape index (κ2) is 6.65. The molecule has 1 amide bonds. The van der Waals surface area contributed by atoms with E-state index in [0.717, 1.165) is 11.1 Å². The van der Waals surface area contributed by atoms with Gasteiger partial charge in [0.1, 0.15) is 5.75 Å². The molecule has 0 saturated heterocycles. The number of hydrogen-bond acceptors (Lipinski definition) is 4. The molecule has 1 aliphatic rings. The minimum absolute atomic E-state index is 0.0970. The highest BCUT2D eigenvalue weighted by atomic mass is 32.2. The number of hydrogen-bond donors (Lipinski definition) is 1. The molecule has 0 aliphatic carbocycles. The zero-order valence-corrected chi connectivity index (χ0v) is 14.2. The summed E-state index contributed by atoms with van der Waals surface area (Å²) >= 11 is 0. The fourth-order valence-electron chi connectivity index (χ4n) is 2.78. The van der Waals surface area contributed by atoms with Gasteiger partial charge in [0.05, 0.1) is 10.6 Å². The maximum Gasteiger partial charge on any atom is 0.262 e. The molecule has 0 saturated carbocycles. The predicted molar refractivity (Wildman–Crippen MR) is 92.1 cm³/mol. The molecule has 0 radical (unpaired) electrons. The first-order valence-corrected chi connectivity index (χ1v) is 9.45. The van der Waals surface area contributed by atoms with Crippen LogP contribution in [-0.4, -0.2) is 26.7 Å². The molecule has 3 rings (SSSR count). The van der Waals surface area contributed by atoms with Crippen LogP contribution in [0.25, 0.3) is 0 Å². The number of amides is 1. The van der Waals surface area contributed by atoms with Crippen molar-refractivity contribution >= 4 is 21.4 Å². The zero-order chi connectivity index (χ0) is 17.2. The van der Waals surface area contributed by atoms with Crippen molar-refractivity contribution in [1.82, 2.24) is 0 Å². The zero-order valence-electron chi connectivity index (χ0n) is 13.4. The summed E-state index contributed by atoms with van der Waals surface area (Å²) < 4.78 is 29.5. The summed E-state index contributed by atoms with van der Waals surface area (Å²) in [7, 11) is -3.18. The maximum absolute atomic E-state index is 12.0. The van der Waals surface area contributed by atoms with E-state index in [0.29, 0.717) is 29.2 Å². The lowest BCUT2D eigenvalue weighted by Gasteiger charge is -2.17. The highest BCUT2D eigenvalue weighted by Crippen LogP contribution is 2.27.